The van der Waals surface area contributed by atoms with Crippen LogP contribution in [0.25, 0.3) is 0 Å². The number of urea groups is 1. The Hall–Kier alpha value is -3.16. The Balaban J connectivity index is 1.29. The Morgan fingerprint density at radius 2 is 1.73 bits per heavy atom. The Kier molecular flexibility index (Phi) is 7.11. The molecule has 0 bridgehead atoms. The molecule has 0 radical (unpaired) electrons. The van der Waals surface area contributed by atoms with E-state index in [2.05, 4.69) is 20.9 Å². The molecule has 33 heavy (non-hydrogen) atoms. The number of anilines is 3. The van der Waals surface area contributed by atoms with Gasteiger partial charge in [-0.05, 0) is 70.4 Å². The van der Waals surface area contributed by atoms with Crippen molar-refractivity contribution < 1.29 is 9.59 Å². The number of benzene rings is 1. The minimum Gasteiger partial charge on any atom is -0.362 e. The van der Waals surface area contributed by atoms with Gasteiger partial charge in [0.15, 0.2) is 5.78 Å². The molecule has 3 N–H and O–H groups in total. The zero-order valence-corrected chi connectivity index (χ0v) is 19.8. The molecule has 2 aliphatic rings. The van der Waals surface area contributed by atoms with E-state index in [4.69, 9.17) is 9.97 Å². The molecule has 0 spiro atoms. The molecule has 1 saturated carbocycles. The quantitative estimate of drug-likeness (QED) is 0.572. The van der Waals surface area contributed by atoms with Gasteiger partial charge in [0.2, 0.25) is 5.95 Å². The fraction of sp³-hybridized carbons (Fsp3) is 0.520. The maximum Gasteiger partial charge on any atom is 0.319 e. The van der Waals surface area contributed by atoms with Crippen molar-refractivity contribution in [2.24, 2.45) is 0 Å². The van der Waals surface area contributed by atoms with Crippen molar-refractivity contribution in [2.45, 2.75) is 70.4 Å². The summed E-state index contributed by atoms with van der Waals surface area (Å²) in [6, 6.07) is 7.19. The molecule has 2 aromatic rings. The van der Waals surface area contributed by atoms with Crippen LogP contribution in [0.3, 0.4) is 0 Å². The zero-order chi connectivity index (χ0) is 23.4. The van der Waals surface area contributed by atoms with E-state index in [1.165, 1.54) is 31.0 Å². The summed E-state index contributed by atoms with van der Waals surface area (Å²) in [6.45, 7) is 1.52. The topological polar surface area (TPSA) is 99.2 Å². The Bertz CT molecular complexity index is 1010. The number of amides is 2. The molecule has 1 aromatic heterocycles. The summed E-state index contributed by atoms with van der Waals surface area (Å²) >= 11 is 0. The van der Waals surface area contributed by atoms with Crippen molar-refractivity contribution in [3.63, 3.8) is 0 Å². The average Bonchev–Trinajstić information content (AvgIpc) is 2.80. The first kappa shape index (κ1) is 23.0. The summed E-state index contributed by atoms with van der Waals surface area (Å²) in [5, 5.41) is 9.45. The maximum atomic E-state index is 12.4. The van der Waals surface area contributed by atoms with Crippen molar-refractivity contribution in [1.29, 1.82) is 0 Å². The molecule has 1 aromatic carbocycles. The number of nitrogens with one attached hydrogen (secondary N) is 3. The number of hydrogen-bond acceptors (Lipinski definition) is 6. The minimum atomic E-state index is -0.235. The zero-order valence-electron chi connectivity index (χ0n) is 19.8. The van der Waals surface area contributed by atoms with Crippen LogP contribution in [0.2, 0.25) is 0 Å². The van der Waals surface area contributed by atoms with E-state index in [1.54, 1.807) is 24.3 Å². The summed E-state index contributed by atoms with van der Waals surface area (Å²) < 4.78 is 0. The molecule has 8 nitrogen and oxygen atoms in total. The van der Waals surface area contributed by atoms with Crippen molar-refractivity contribution in [2.75, 3.05) is 29.6 Å². The number of nitrogens with zero attached hydrogens (tertiary/aromatic N) is 3. The Morgan fingerprint density at radius 3 is 2.45 bits per heavy atom. The second-order valence-corrected chi connectivity index (χ2v) is 9.33. The number of hydrogen-bond donors (Lipinski definition) is 3. The molecule has 4 rings (SSSR count). The first-order valence-electron chi connectivity index (χ1n) is 11.9. The molecule has 0 atom stereocenters. The van der Waals surface area contributed by atoms with Crippen LogP contribution in [0.4, 0.5) is 22.2 Å². The Labute approximate surface area is 195 Å². The number of fused-ring (bicyclic) bond motifs is 1. The standard InChI is InChI=1S/C25H34N6O2/c1-16(32)17-7-6-8-20(15-17)28-25(33)27-19-13-11-18(12-14-19)26-24-29-22-10-5-4-9-21(22)23(30-24)31(2)3/h6-8,15,18-19H,4-5,9-14H2,1-3H3,(H,26,29,30)(H2,27,28,33). The lowest BCUT2D eigenvalue weighted by Crippen LogP contribution is -2.42. The van der Waals surface area contributed by atoms with Gasteiger partial charge in [0.25, 0.3) is 0 Å². The molecule has 176 valence electrons. The van der Waals surface area contributed by atoms with E-state index in [-0.39, 0.29) is 17.9 Å². The maximum absolute atomic E-state index is 12.4. The molecular formula is C25H34N6O2. The SMILES string of the molecule is CC(=O)c1cccc(NC(=O)NC2CCC(Nc3nc4c(c(N(C)C)n3)CCCC4)CC2)c1. The summed E-state index contributed by atoms with van der Waals surface area (Å²) in [4.78, 5) is 35.7. The van der Waals surface area contributed by atoms with Crippen LogP contribution in [0.15, 0.2) is 24.3 Å². The van der Waals surface area contributed by atoms with Crippen LogP contribution < -0.4 is 20.9 Å². The van der Waals surface area contributed by atoms with Crippen LogP contribution in [0.5, 0.6) is 0 Å². The van der Waals surface area contributed by atoms with Gasteiger partial charge < -0.3 is 20.9 Å². The van der Waals surface area contributed by atoms with Gasteiger partial charge in [-0.1, -0.05) is 12.1 Å². The molecule has 8 heteroatoms. The fourth-order valence-corrected chi connectivity index (χ4v) is 4.74. The lowest BCUT2D eigenvalue weighted by molar-refractivity contribution is 0.101. The highest BCUT2D eigenvalue weighted by Crippen LogP contribution is 2.29. The summed E-state index contributed by atoms with van der Waals surface area (Å²) in [7, 11) is 4.08. The van der Waals surface area contributed by atoms with E-state index in [0.29, 0.717) is 17.3 Å². The molecule has 1 fully saturated rings. The number of carbonyl (C=O) groups is 2. The third-order valence-corrected chi connectivity index (χ3v) is 6.51. The van der Waals surface area contributed by atoms with Crippen LogP contribution in [-0.2, 0) is 12.8 Å². The normalized spacial score (nSPS) is 19.8. The predicted octanol–water partition coefficient (Wildman–Crippen LogP) is 4.17. The molecule has 2 aliphatic carbocycles. The fourth-order valence-electron chi connectivity index (χ4n) is 4.74. The average molecular weight is 451 g/mol. The third kappa shape index (κ3) is 5.80. The minimum absolute atomic E-state index is 0.0227. The van der Waals surface area contributed by atoms with Crippen molar-refractivity contribution in [1.82, 2.24) is 15.3 Å². The van der Waals surface area contributed by atoms with Crippen molar-refractivity contribution in [3.8, 4) is 0 Å². The van der Waals surface area contributed by atoms with Crippen LogP contribution in [0, 0.1) is 0 Å². The largest absolute Gasteiger partial charge is 0.362 e. The molecule has 0 saturated heterocycles. The first-order valence-corrected chi connectivity index (χ1v) is 11.9. The first-order chi connectivity index (χ1) is 15.9. The predicted molar refractivity (Wildman–Crippen MR) is 131 cm³/mol. The Morgan fingerprint density at radius 1 is 1.00 bits per heavy atom. The van der Waals surface area contributed by atoms with Crippen LogP contribution in [0.1, 0.15) is 67.1 Å². The monoisotopic (exact) mass is 450 g/mol. The van der Waals surface area contributed by atoms with Gasteiger partial charge in [0.1, 0.15) is 5.82 Å². The number of Topliss-reactive ketones (excluding diaryl/α,β-unsaturated/α-hetero) is 1. The van der Waals surface area contributed by atoms with Gasteiger partial charge in [0.05, 0.1) is 5.69 Å². The number of carbonyl (C=O) groups excluding carboxylic acids is 2. The van der Waals surface area contributed by atoms with E-state index >= 15 is 0 Å². The smallest absolute Gasteiger partial charge is 0.319 e. The van der Waals surface area contributed by atoms with E-state index in [1.807, 2.05) is 14.1 Å². The van der Waals surface area contributed by atoms with Gasteiger partial charge in [-0.3, -0.25) is 4.79 Å². The van der Waals surface area contributed by atoms with Gasteiger partial charge in [-0.25, -0.2) is 9.78 Å². The van der Waals surface area contributed by atoms with E-state index < -0.39 is 0 Å². The van der Waals surface area contributed by atoms with Gasteiger partial charge >= 0.3 is 6.03 Å². The van der Waals surface area contributed by atoms with Crippen molar-refractivity contribution in [3.05, 3.63) is 41.1 Å². The molecule has 0 aliphatic heterocycles. The third-order valence-electron chi connectivity index (χ3n) is 6.51. The number of aromatic nitrogens is 2. The second kappa shape index (κ2) is 10.2. The van der Waals surface area contributed by atoms with Gasteiger partial charge in [-0.2, -0.15) is 4.98 Å². The lowest BCUT2D eigenvalue weighted by Gasteiger charge is -2.30. The second-order valence-electron chi connectivity index (χ2n) is 9.33. The van der Waals surface area contributed by atoms with Crippen LogP contribution in [-0.4, -0.2) is 48.0 Å². The number of rotatable bonds is 6. The molecule has 2 amide bonds. The molecule has 0 unspecified atom stereocenters. The van der Waals surface area contributed by atoms with Gasteiger partial charge in [0, 0.05) is 43.0 Å². The highest BCUT2D eigenvalue weighted by Gasteiger charge is 2.25. The van der Waals surface area contributed by atoms with E-state index in [9.17, 15) is 9.59 Å². The number of aryl methyl sites for hydroxylation is 1. The lowest BCUT2D eigenvalue weighted by atomic mass is 9.91. The summed E-state index contributed by atoms with van der Waals surface area (Å²) in [6.07, 6.45) is 8.15. The van der Waals surface area contributed by atoms with Crippen molar-refractivity contribution >= 4 is 29.3 Å². The van der Waals surface area contributed by atoms with Gasteiger partial charge in [-0.15, -0.1) is 0 Å². The van der Waals surface area contributed by atoms with E-state index in [0.717, 1.165) is 50.3 Å². The summed E-state index contributed by atoms with van der Waals surface area (Å²) in [5.74, 6) is 1.73. The number of ketones is 1. The molecular weight excluding hydrogens is 416 g/mol. The molecule has 1 heterocycles. The highest BCUT2D eigenvalue weighted by molar-refractivity contribution is 5.96. The highest BCUT2D eigenvalue weighted by atomic mass is 16.2. The van der Waals surface area contributed by atoms with Crippen LogP contribution >= 0.6 is 0 Å². The summed E-state index contributed by atoms with van der Waals surface area (Å²) in [5.41, 5.74) is 3.69.